The smallest absolute Gasteiger partial charge is 0.354 e. The number of benzene rings is 1. The fourth-order valence-electron chi connectivity index (χ4n) is 2.45. The molecule has 112 valence electrons. The van der Waals surface area contributed by atoms with Crippen LogP contribution in [0.3, 0.4) is 0 Å². The van der Waals surface area contributed by atoms with Crippen LogP contribution in [-0.4, -0.2) is 27.3 Å². The second-order valence-electron chi connectivity index (χ2n) is 4.92. The number of carbonyl (C=O) groups is 1. The van der Waals surface area contributed by atoms with Crippen LogP contribution in [0.2, 0.25) is 0 Å². The number of nitrogens with zero attached hydrogens (tertiary/aromatic N) is 2. The van der Waals surface area contributed by atoms with E-state index >= 15 is 0 Å². The number of esters is 1. The minimum Gasteiger partial charge on any atom is -0.508 e. The SMILES string of the molecule is COC(=O)c1cc2ccc(-n3ccc(O)cc3=O)cc2n1C. The summed E-state index contributed by atoms with van der Waals surface area (Å²) in [4.78, 5) is 23.7. The second-order valence-corrected chi connectivity index (χ2v) is 4.92. The van der Waals surface area contributed by atoms with E-state index in [1.807, 2.05) is 6.07 Å². The molecule has 0 aliphatic rings. The molecule has 1 N–H and O–H groups in total. The highest BCUT2D eigenvalue weighted by molar-refractivity contribution is 5.96. The molecule has 0 unspecified atom stereocenters. The van der Waals surface area contributed by atoms with E-state index in [2.05, 4.69) is 0 Å². The maximum atomic E-state index is 11.9. The molecule has 0 saturated heterocycles. The zero-order chi connectivity index (χ0) is 15.9. The average Bonchev–Trinajstić information content (AvgIpc) is 2.83. The average molecular weight is 298 g/mol. The van der Waals surface area contributed by atoms with E-state index in [9.17, 15) is 14.7 Å². The van der Waals surface area contributed by atoms with Crippen LogP contribution >= 0.6 is 0 Å². The minimum atomic E-state index is -0.415. The third kappa shape index (κ3) is 2.14. The largest absolute Gasteiger partial charge is 0.508 e. The summed E-state index contributed by atoms with van der Waals surface area (Å²) in [6.07, 6.45) is 1.50. The second kappa shape index (κ2) is 5.07. The number of methoxy groups -OCH3 is 1. The Labute approximate surface area is 125 Å². The standard InChI is InChI=1S/C16H14N2O4/c1-17-13-8-11(18-6-5-12(19)9-15(18)20)4-3-10(13)7-14(17)16(21)22-2/h3-9,19H,1-2H3. The van der Waals surface area contributed by atoms with Gasteiger partial charge in [-0.3, -0.25) is 9.36 Å². The first-order valence-electron chi connectivity index (χ1n) is 6.61. The van der Waals surface area contributed by atoms with Crippen LogP contribution in [0.1, 0.15) is 10.5 Å². The van der Waals surface area contributed by atoms with Crippen LogP contribution in [0.5, 0.6) is 5.75 Å². The number of ether oxygens (including phenoxy) is 1. The summed E-state index contributed by atoms with van der Waals surface area (Å²) >= 11 is 0. The Morgan fingerprint density at radius 3 is 2.64 bits per heavy atom. The van der Waals surface area contributed by atoms with Gasteiger partial charge in [0.15, 0.2) is 0 Å². The summed E-state index contributed by atoms with van der Waals surface area (Å²) in [5, 5.41) is 10.2. The molecule has 2 aromatic heterocycles. The van der Waals surface area contributed by atoms with E-state index < -0.39 is 5.97 Å². The van der Waals surface area contributed by atoms with Gasteiger partial charge in [0.1, 0.15) is 11.4 Å². The van der Waals surface area contributed by atoms with Crippen molar-refractivity contribution in [3.05, 3.63) is 58.6 Å². The highest BCUT2D eigenvalue weighted by Crippen LogP contribution is 2.22. The maximum absolute atomic E-state index is 11.9. The quantitative estimate of drug-likeness (QED) is 0.732. The highest BCUT2D eigenvalue weighted by atomic mass is 16.5. The molecular formula is C16H14N2O4. The van der Waals surface area contributed by atoms with Gasteiger partial charge in [-0.25, -0.2) is 4.79 Å². The van der Waals surface area contributed by atoms with Crippen molar-refractivity contribution in [2.75, 3.05) is 7.11 Å². The van der Waals surface area contributed by atoms with Crippen LogP contribution in [0.25, 0.3) is 16.6 Å². The molecule has 3 aromatic rings. The molecular weight excluding hydrogens is 284 g/mol. The van der Waals surface area contributed by atoms with Gasteiger partial charge in [0.2, 0.25) is 0 Å². The van der Waals surface area contributed by atoms with E-state index in [1.165, 1.54) is 23.9 Å². The van der Waals surface area contributed by atoms with Gasteiger partial charge >= 0.3 is 5.97 Å². The van der Waals surface area contributed by atoms with Crippen LogP contribution in [0, 0.1) is 0 Å². The highest BCUT2D eigenvalue weighted by Gasteiger charge is 2.14. The van der Waals surface area contributed by atoms with Crippen molar-refractivity contribution in [1.82, 2.24) is 9.13 Å². The van der Waals surface area contributed by atoms with E-state index in [1.54, 1.807) is 29.8 Å². The molecule has 0 aliphatic carbocycles. The van der Waals surface area contributed by atoms with Gasteiger partial charge in [-0.2, -0.15) is 0 Å². The van der Waals surface area contributed by atoms with Gasteiger partial charge in [-0.1, -0.05) is 6.07 Å². The number of fused-ring (bicyclic) bond motifs is 1. The number of aryl methyl sites for hydroxylation is 1. The minimum absolute atomic E-state index is 0.0748. The van der Waals surface area contributed by atoms with Crippen molar-refractivity contribution in [3.8, 4) is 11.4 Å². The van der Waals surface area contributed by atoms with Gasteiger partial charge in [0.25, 0.3) is 5.56 Å². The predicted molar refractivity (Wildman–Crippen MR) is 81.5 cm³/mol. The number of pyridine rings is 1. The van der Waals surface area contributed by atoms with Crippen molar-refractivity contribution < 1.29 is 14.6 Å². The molecule has 0 fully saturated rings. The summed E-state index contributed by atoms with van der Waals surface area (Å²) < 4.78 is 7.89. The summed E-state index contributed by atoms with van der Waals surface area (Å²) in [6.45, 7) is 0. The number of aromatic hydroxyl groups is 1. The predicted octanol–water partition coefficient (Wildman–Crippen LogP) is 1.82. The lowest BCUT2D eigenvalue weighted by atomic mass is 10.2. The molecule has 1 aromatic carbocycles. The van der Waals surface area contributed by atoms with Gasteiger partial charge in [0.05, 0.1) is 18.3 Å². The van der Waals surface area contributed by atoms with Crippen molar-refractivity contribution in [2.24, 2.45) is 7.05 Å². The number of hydrogen-bond acceptors (Lipinski definition) is 4. The molecule has 22 heavy (non-hydrogen) atoms. The van der Waals surface area contributed by atoms with Crippen molar-refractivity contribution >= 4 is 16.9 Å². The zero-order valence-corrected chi connectivity index (χ0v) is 12.1. The van der Waals surface area contributed by atoms with Crippen molar-refractivity contribution in [3.63, 3.8) is 0 Å². The third-order valence-corrected chi connectivity index (χ3v) is 3.60. The Balaban J connectivity index is 2.19. The number of hydrogen-bond donors (Lipinski definition) is 1. The molecule has 6 heteroatoms. The summed E-state index contributed by atoms with van der Waals surface area (Å²) in [5.74, 6) is -0.490. The molecule has 0 radical (unpaired) electrons. The summed E-state index contributed by atoms with van der Waals surface area (Å²) in [5.41, 5.74) is 1.56. The van der Waals surface area contributed by atoms with Gasteiger partial charge in [-0.05, 0) is 24.3 Å². The molecule has 2 heterocycles. The molecule has 0 atom stereocenters. The van der Waals surface area contributed by atoms with E-state index in [-0.39, 0.29) is 11.3 Å². The van der Waals surface area contributed by atoms with Crippen LogP contribution < -0.4 is 5.56 Å². The summed E-state index contributed by atoms with van der Waals surface area (Å²) in [6, 6.07) is 9.74. The first-order valence-corrected chi connectivity index (χ1v) is 6.61. The lowest BCUT2D eigenvalue weighted by Gasteiger charge is -2.07. The molecule has 0 amide bonds. The molecule has 0 saturated carbocycles. The van der Waals surface area contributed by atoms with Crippen LogP contribution in [0.4, 0.5) is 0 Å². The van der Waals surface area contributed by atoms with Gasteiger partial charge in [0, 0.05) is 24.7 Å². The number of carbonyl (C=O) groups excluding carboxylic acids is 1. The number of aromatic nitrogens is 2. The molecule has 3 rings (SSSR count). The fraction of sp³-hybridized carbons (Fsp3) is 0.125. The van der Waals surface area contributed by atoms with Crippen LogP contribution in [-0.2, 0) is 11.8 Å². The van der Waals surface area contributed by atoms with E-state index in [4.69, 9.17) is 4.74 Å². The normalized spacial score (nSPS) is 10.8. The number of rotatable bonds is 2. The lowest BCUT2D eigenvalue weighted by molar-refractivity contribution is 0.0590. The Kier molecular flexibility index (Phi) is 3.21. The Morgan fingerprint density at radius 1 is 1.18 bits per heavy atom. The Hall–Kier alpha value is -3.02. The summed E-state index contributed by atoms with van der Waals surface area (Å²) in [7, 11) is 3.10. The Bertz CT molecular complexity index is 937. The molecule has 6 nitrogen and oxygen atoms in total. The van der Waals surface area contributed by atoms with Crippen LogP contribution in [0.15, 0.2) is 47.4 Å². The fourth-order valence-corrected chi connectivity index (χ4v) is 2.45. The Morgan fingerprint density at radius 2 is 1.95 bits per heavy atom. The molecule has 0 aliphatic heterocycles. The maximum Gasteiger partial charge on any atom is 0.354 e. The lowest BCUT2D eigenvalue weighted by Crippen LogP contribution is -2.15. The zero-order valence-electron chi connectivity index (χ0n) is 12.1. The molecule has 0 spiro atoms. The topological polar surface area (TPSA) is 73.5 Å². The van der Waals surface area contributed by atoms with E-state index in [0.29, 0.717) is 11.4 Å². The van der Waals surface area contributed by atoms with E-state index in [0.717, 1.165) is 17.0 Å². The first kappa shape index (κ1) is 13.9. The monoisotopic (exact) mass is 298 g/mol. The molecule has 0 bridgehead atoms. The van der Waals surface area contributed by atoms with Gasteiger partial charge in [-0.15, -0.1) is 0 Å². The van der Waals surface area contributed by atoms with Crippen molar-refractivity contribution in [2.45, 2.75) is 0 Å². The third-order valence-electron chi connectivity index (χ3n) is 3.60. The first-order chi connectivity index (χ1) is 10.5. The van der Waals surface area contributed by atoms with Gasteiger partial charge < -0.3 is 14.4 Å². The van der Waals surface area contributed by atoms with Crippen molar-refractivity contribution in [1.29, 1.82) is 0 Å².